The lowest BCUT2D eigenvalue weighted by Gasteiger charge is -2.06. The Balaban J connectivity index is 1.67. The van der Waals surface area contributed by atoms with E-state index in [2.05, 4.69) is 15.3 Å². The molecule has 122 valence electrons. The number of hydrogen-bond donors (Lipinski definition) is 1. The third-order valence-corrected chi connectivity index (χ3v) is 4.41. The molecule has 24 heavy (non-hydrogen) atoms. The Morgan fingerprint density at radius 2 is 2.04 bits per heavy atom. The number of aromatic nitrogens is 2. The van der Waals surface area contributed by atoms with Gasteiger partial charge in [-0.2, -0.15) is 0 Å². The molecule has 0 bridgehead atoms. The van der Waals surface area contributed by atoms with Crippen LogP contribution < -0.4 is 10.1 Å². The number of thiazole rings is 1. The summed E-state index contributed by atoms with van der Waals surface area (Å²) in [5.74, 6) is 0.710. The monoisotopic (exact) mass is 339 g/mol. The number of ether oxygens (including phenoxy) is 1. The molecule has 2 heterocycles. The topological polar surface area (TPSA) is 64.1 Å². The van der Waals surface area contributed by atoms with Crippen LogP contribution in [-0.2, 0) is 11.2 Å². The number of anilines is 1. The van der Waals surface area contributed by atoms with Gasteiger partial charge in [0.05, 0.1) is 31.1 Å². The second-order valence-electron chi connectivity index (χ2n) is 5.27. The van der Waals surface area contributed by atoms with Crippen molar-refractivity contribution in [2.24, 2.45) is 0 Å². The normalized spacial score (nSPS) is 10.4. The fourth-order valence-corrected chi connectivity index (χ4v) is 3.01. The molecule has 0 aliphatic heterocycles. The molecule has 2 aromatic heterocycles. The minimum absolute atomic E-state index is 0.0956. The van der Waals surface area contributed by atoms with Crippen molar-refractivity contribution in [2.75, 3.05) is 12.4 Å². The van der Waals surface area contributed by atoms with Crippen LogP contribution >= 0.6 is 11.3 Å². The number of pyridine rings is 1. The third kappa shape index (κ3) is 3.78. The van der Waals surface area contributed by atoms with Gasteiger partial charge in [-0.3, -0.25) is 9.78 Å². The summed E-state index contributed by atoms with van der Waals surface area (Å²) in [6.07, 6.45) is 3.60. The largest absolute Gasteiger partial charge is 0.497 e. The van der Waals surface area contributed by atoms with Crippen molar-refractivity contribution in [1.82, 2.24) is 9.97 Å². The molecular weight excluding hydrogens is 322 g/mol. The summed E-state index contributed by atoms with van der Waals surface area (Å²) in [6.45, 7) is 1.93. The number of nitrogens with one attached hydrogen (secondary N) is 1. The first-order valence-electron chi connectivity index (χ1n) is 7.45. The van der Waals surface area contributed by atoms with Gasteiger partial charge in [-0.05, 0) is 42.8 Å². The number of benzene rings is 1. The van der Waals surface area contributed by atoms with Gasteiger partial charge >= 0.3 is 0 Å². The maximum atomic E-state index is 12.2. The molecule has 3 rings (SSSR count). The van der Waals surface area contributed by atoms with E-state index < -0.39 is 0 Å². The van der Waals surface area contributed by atoms with Crippen molar-refractivity contribution in [3.63, 3.8) is 0 Å². The highest BCUT2D eigenvalue weighted by Crippen LogP contribution is 2.24. The number of rotatable bonds is 5. The van der Waals surface area contributed by atoms with Crippen molar-refractivity contribution in [2.45, 2.75) is 13.3 Å². The van der Waals surface area contributed by atoms with Gasteiger partial charge in [0.2, 0.25) is 5.91 Å². The van der Waals surface area contributed by atoms with Gasteiger partial charge in [0.25, 0.3) is 0 Å². The van der Waals surface area contributed by atoms with Gasteiger partial charge in [-0.1, -0.05) is 0 Å². The van der Waals surface area contributed by atoms with Crippen LogP contribution in [0.5, 0.6) is 5.75 Å². The molecule has 0 radical (unpaired) electrons. The Hall–Kier alpha value is -2.73. The number of nitrogens with zero attached hydrogens (tertiary/aromatic N) is 2. The molecule has 0 unspecified atom stereocenters. The van der Waals surface area contributed by atoms with Crippen LogP contribution in [0, 0.1) is 6.92 Å². The highest BCUT2D eigenvalue weighted by atomic mass is 32.1. The highest BCUT2D eigenvalue weighted by Gasteiger charge is 2.10. The summed E-state index contributed by atoms with van der Waals surface area (Å²) < 4.78 is 5.15. The first kappa shape index (κ1) is 16.1. The first-order valence-corrected chi connectivity index (χ1v) is 8.33. The van der Waals surface area contributed by atoms with Crippen LogP contribution in [0.25, 0.3) is 11.3 Å². The number of amides is 1. The number of aryl methyl sites for hydroxylation is 1. The zero-order chi connectivity index (χ0) is 16.9. The fourth-order valence-electron chi connectivity index (χ4n) is 2.21. The predicted molar refractivity (Wildman–Crippen MR) is 95.4 cm³/mol. The van der Waals surface area contributed by atoms with Crippen molar-refractivity contribution in [1.29, 1.82) is 0 Å². The van der Waals surface area contributed by atoms with E-state index in [1.54, 1.807) is 19.5 Å². The van der Waals surface area contributed by atoms with E-state index in [1.165, 1.54) is 11.3 Å². The van der Waals surface area contributed by atoms with Crippen LogP contribution in [-0.4, -0.2) is 23.0 Å². The van der Waals surface area contributed by atoms with E-state index in [9.17, 15) is 4.79 Å². The smallest absolute Gasteiger partial charge is 0.231 e. The van der Waals surface area contributed by atoms with Crippen molar-refractivity contribution >= 4 is 22.9 Å². The van der Waals surface area contributed by atoms with E-state index in [-0.39, 0.29) is 12.3 Å². The quantitative estimate of drug-likeness (QED) is 0.770. The lowest BCUT2D eigenvalue weighted by molar-refractivity contribution is -0.115. The Labute approximate surface area is 144 Å². The summed E-state index contributed by atoms with van der Waals surface area (Å²) in [6, 6.07) is 9.56. The molecule has 1 N–H and O–H groups in total. The number of hydrogen-bond acceptors (Lipinski definition) is 5. The lowest BCUT2D eigenvalue weighted by atomic mass is 10.2. The molecule has 0 saturated heterocycles. The Bertz CT molecular complexity index is 843. The van der Waals surface area contributed by atoms with E-state index in [0.29, 0.717) is 0 Å². The predicted octanol–water partition coefficient (Wildman–Crippen LogP) is 3.70. The molecule has 0 aliphatic carbocycles. The van der Waals surface area contributed by atoms with E-state index in [0.717, 1.165) is 33.3 Å². The van der Waals surface area contributed by atoms with E-state index in [4.69, 9.17) is 4.74 Å². The summed E-state index contributed by atoms with van der Waals surface area (Å²) >= 11 is 1.48. The minimum Gasteiger partial charge on any atom is -0.497 e. The highest BCUT2D eigenvalue weighted by molar-refractivity contribution is 7.10. The van der Waals surface area contributed by atoms with Crippen LogP contribution in [0.4, 0.5) is 5.69 Å². The average molecular weight is 339 g/mol. The molecule has 1 aromatic carbocycles. The van der Waals surface area contributed by atoms with Crippen LogP contribution in [0.3, 0.4) is 0 Å². The molecule has 0 aliphatic rings. The molecule has 6 heteroatoms. The molecule has 0 spiro atoms. The Morgan fingerprint density at radius 3 is 2.75 bits per heavy atom. The van der Waals surface area contributed by atoms with Crippen molar-refractivity contribution < 1.29 is 9.53 Å². The lowest BCUT2D eigenvalue weighted by Crippen LogP contribution is -2.15. The maximum absolute atomic E-state index is 12.2. The van der Waals surface area contributed by atoms with Gasteiger partial charge in [-0.15, -0.1) is 11.3 Å². The average Bonchev–Trinajstić information content (AvgIpc) is 3.05. The molecule has 0 atom stereocenters. The third-order valence-electron chi connectivity index (χ3n) is 3.56. The SMILES string of the molecule is COc1ccc(-c2csc(CC(=O)Nc3cnccc3C)n2)cc1. The van der Waals surface area contributed by atoms with Crippen LogP contribution in [0.15, 0.2) is 48.1 Å². The fraction of sp³-hybridized carbons (Fsp3) is 0.167. The molecular formula is C18H17N3O2S. The van der Waals surface area contributed by atoms with Crippen LogP contribution in [0.2, 0.25) is 0 Å². The Morgan fingerprint density at radius 1 is 1.25 bits per heavy atom. The summed E-state index contributed by atoms with van der Waals surface area (Å²) in [5, 5.41) is 5.61. The van der Waals surface area contributed by atoms with Crippen molar-refractivity contribution in [3.8, 4) is 17.0 Å². The number of carbonyl (C=O) groups excluding carboxylic acids is 1. The van der Waals surface area contributed by atoms with Crippen molar-refractivity contribution in [3.05, 3.63) is 58.7 Å². The molecule has 1 amide bonds. The number of methoxy groups -OCH3 is 1. The summed E-state index contributed by atoms with van der Waals surface area (Å²) in [5.41, 5.74) is 3.58. The van der Waals surface area contributed by atoms with Gasteiger partial charge in [0, 0.05) is 17.1 Å². The first-order chi connectivity index (χ1) is 11.7. The maximum Gasteiger partial charge on any atom is 0.231 e. The van der Waals surface area contributed by atoms with Gasteiger partial charge in [0.1, 0.15) is 10.8 Å². The van der Waals surface area contributed by atoms with E-state index in [1.807, 2.05) is 42.6 Å². The van der Waals surface area contributed by atoms with Gasteiger partial charge < -0.3 is 10.1 Å². The zero-order valence-corrected chi connectivity index (χ0v) is 14.3. The summed E-state index contributed by atoms with van der Waals surface area (Å²) in [4.78, 5) is 20.7. The molecule has 0 fully saturated rings. The molecule has 0 saturated carbocycles. The zero-order valence-electron chi connectivity index (χ0n) is 13.4. The summed E-state index contributed by atoms with van der Waals surface area (Å²) in [7, 11) is 1.64. The Kier molecular flexibility index (Phi) is 4.86. The second-order valence-corrected chi connectivity index (χ2v) is 6.21. The van der Waals surface area contributed by atoms with E-state index >= 15 is 0 Å². The van der Waals surface area contributed by atoms with Gasteiger partial charge in [-0.25, -0.2) is 4.98 Å². The standard InChI is InChI=1S/C18H17N3O2S/c1-12-7-8-19-10-15(12)20-17(22)9-18-21-16(11-24-18)13-3-5-14(23-2)6-4-13/h3-8,10-11H,9H2,1-2H3,(H,20,22). The number of carbonyl (C=O) groups is 1. The van der Waals surface area contributed by atoms with Gasteiger partial charge in [0.15, 0.2) is 0 Å². The molecule has 3 aromatic rings. The molecule has 5 nitrogen and oxygen atoms in total. The minimum atomic E-state index is -0.0956. The van der Waals surface area contributed by atoms with Crippen LogP contribution in [0.1, 0.15) is 10.6 Å². The second kappa shape index (κ2) is 7.23.